The van der Waals surface area contributed by atoms with Crippen LogP contribution in [0.3, 0.4) is 0 Å². The molecule has 0 aliphatic carbocycles. The summed E-state index contributed by atoms with van der Waals surface area (Å²) < 4.78 is 26.9. The van der Waals surface area contributed by atoms with Crippen LogP contribution in [-0.2, 0) is 10.0 Å². The molecule has 0 saturated carbocycles. The van der Waals surface area contributed by atoms with Crippen LogP contribution in [0.1, 0.15) is 13.8 Å². The summed E-state index contributed by atoms with van der Waals surface area (Å²) >= 11 is 0. The maximum atomic E-state index is 12.2. The fourth-order valence-corrected chi connectivity index (χ4v) is 3.08. The lowest BCUT2D eigenvalue weighted by Crippen LogP contribution is -2.34. The van der Waals surface area contributed by atoms with Crippen LogP contribution in [-0.4, -0.2) is 31.2 Å². The van der Waals surface area contributed by atoms with Crippen LogP contribution in [0.25, 0.3) is 10.9 Å². The largest absolute Gasteiger partial charge is 0.399 e. The topological polar surface area (TPSA) is 108 Å². The number of sulfonamides is 1. The average molecular weight is 297 g/mol. The van der Waals surface area contributed by atoms with Gasteiger partial charge in [-0.25, -0.2) is 13.1 Å². The van der Waals surface area contributed by atoms with E-state index >= 15 is 0 Å². The number of H-pyrrole nitrogens is 1. The second kappa shape index (κ2) is 5.43. The van der Waals surface area contributed by atoms with Crippen LogP contribution < -0.4 is 10.5 Å². The second-order valence-electron chi connectivity index (χ2n) is 5.12. The van der Waals surface area contributed by atoms with Crippen molar-refractivity contribution in [3.8, 4) is 0 Å². The minimum Gasteiger partial charge on any atom is -0.399 e. The zero-order valence-corrected chi connectivity index (χ0v) is 12.2. The van der Waals surface area contributed by atoms with E-state index in [-0.39, 0.29) is 17.4 Å². The quantitative estimate of drug-likeness (QED) is 0.618. The van der Waals surface area contributed by atoms with Crippen molar-refractivity contribution in [2.75, 3.05) is 12.3 Å². The Kier molecular flexibility index (Phi) is 4.03. The molecular formula is C13H19N3O3S. The monoisotopic (exact) mass is 297 g/mol. The summed E-state index contributed by atoms with van der Waals surface area (Å²) in [5, 5.41) is 10.3. The zero-order valence-electron chi connectivity index (χ0n) is 11.4. The third-order valence-electron chi connectivity index (χ3n) is 3.21. The summed E-state index contributed by atoms with van der Waals surface area (Å²) in [6.07, 6.45) is 0.708. The number of nitrogens with two attached hydrogens (primary N) is 1. The van der Waals surface area contributed by atoms with Crippen LogP contribution in [0.5, 0.6) is 0 Å². The summed E-state index contributed by atoms with van der Waals surface area (Å²) in [5.41, 5.74) is 6.88. The molecule has 0 bridgehead atoms. The molecule has 0 aliphatic heterocycles. The molecule has 0 fully saturated rings. The van der Waals surface area contributed by atoms with Crippen molar-refractivity contribution in [3.05, 3.63) is 24.4 Å². The van der Waals surface area contributed by atoms with Crippen molar-refractivity contribution in [3.63, 3.8) is 0 Å². The van der Waals surface area contributed by atoms with Gasteiger partial charge in [0.05, 0.1) is 6.10 Å². The Bertz CT molecular complexity index is 707. The highest BCUT2D eigenvalue weighted by atomic mass is 32.2. The Morgan fingerprint density at radius 2 is 2.10 bits per heavy atom. The molecule has 7 heteroatoms. The van der Waals surface area contributed by atoms with Crippen molar-refractivity contribution in [2.24, 2.45) is 5.92 Å². The molecule has 5 N–H and O–H groups in total. The molecule has 1 heterocycles. The van der Waals surface area contributed by atoms with Gasteiger partial charge in [0.15, 0.2) is 0 Å². The molecule has 0 amide bonds. The number of hydrogen-bond acceptors (Lipinski definition) is 4. The van der Waals surface area contributed by atoms with Gasteiger partial charge in [0, 0.05) is 29.3 Å². The van der Waals surface area contributed by atoms with E-state index in [1.54, 1.807) is 18.2 Å². The molecule has 2 aromatic rings. The van der Waals surface area contributed by atoms with Crippen molar-refractivity contribution >= 4 is 26.6 Å². The molecule has 20 heavy (non-hydrogen) atoms. The van der Waals surface area contributed by atoms with Crippen molar-refractivity contribution in [1.82, 2.24) is 9.71 Å². The average Bonchev–Trinajstić information content (AvgIpc) is 2.79. The molecule has 6 nitrogen and oxygen atoms in total. The summed E-state index contributed by atoms with van der Waals surface area (Å²) in [6, 6.07) is 4.99. The highest BCUT2D eigenvalue weighted by Gasteiger charge is 2.20. The Balaban J connectivity index is 2.28. The van der Waals surface area contributed by atoms with E-state index in [1.807, 2.05) is 13.8 Å². The molecule has 1 aromatic carbocycles. The number of fused-ring (bicyclic) bond motifs is 1. The fraction of sp³-hybridized carbons (Fsp3) is 0.385. The van der Waals surface area contributed by atoms with Crippen LogP contribution in [0, 0.1) is 5.92 Å². The van der Waals surface area contributed by atoms with E-state index in [2.05, 4.69) is 9.71 Å². The number of hydrogen-bond donors (Lipinski definition) is 4. The summed E-state index contributed by atoms with van der Waals surface area (Å²) in [5.74, 6) is -0.0135. The lowest BCUT2D eigenvalue weighted by Gasteiger charge is -2.14. The van der Waals surface area contributed by atoms with Gasteiger partial charge in [0.2, 0.25) is 10.0 Å². The van der Waals surface area contributed by atoms with Gasteiger partial charge in [-0.1, -0.05) is 13.8 Å². The van der Waals surface area contributed by atoms with E-state index in [0.717, 1.165) is 0 Å². The summed E-state index contributed by atoms with van der Waals surface area (Å²) in [4.78, 5) is 3.04. The number of nitrogens with one attached hydrogen (secondary N) is 2. The Labute approximate surface area is 118 Å². The Hall–Kier alpha value is -1.57. The van der Waals surface area contributed by atoms with E-state index in [0.29, 0.717) is 16.6 Å². The first-order valence-corrected chi connectivity index (χ1v) is 7.84. The van der Waals surface area contributed by atoms with E-state index in [4.69, 9.17) is 5.73 Å². The van der Waals surface area contributed by atoms with Gasteiger partial charge in [-0.3, -0.25) is 0 Å². The summed E-state index contributed by atoms with van der Waals surface area (Å²) in [6.45, 7) is 3.64. The fourth-order valence-electron chi connectivity index (χ4n) is 1.85. The molecule has 2 rings (SSSR count). The Morgan fingerprint density at radius 1 is 1.40 bits per heavy atom. The van der Waals surface area contributed by atoms with Gasteiger partial charge in [-0.15, -0.1) is 0 Å². The maximum Gasteiger partial charge on any atom is 0.242 e. The first-order chi connectivity index (χ1) is 9.31. The first kappa shape index (κ1) is 14.8. The number of nitrogen functional groups attached to an aromatic ring is 1. The molecule has 110 valence electrons. The molecule has 1 unspecified atom stereocenters. The van der Waals surface area contributed by atoms with E-state index in [9.17, 15) is 13.5 Å². The highest BCUT2D eigenvalue weighted by Crippen LogP contribution is 2.24. The molecule has 1 aromatic heterocycles. The van der Waals surface area contributed by atoms with Gasteiger partial charge in [0.25, 0.3) is 0 Å². The van der Waals surface area contributed by atoms with Crippen molar-refractivity contribution < 1.29 is 13.5 Å². The molecule has 0 spiro atoms. The predicted octanol–water partition coefficient (Wildman–Crippen LogP) is 1.05. The normalized spacial score (nSPS) is 14.0. The van der Waals surface area contributed by atoms with Crippen LogP contribution in [0.4, 0.5) is 5.69 Å². The molecule has 1 atom stereocenters. The number of aliphatic hydroxyl groups is 1. The van der Waals surface area contributed by atoms with E-state index < -0.39 is 16.1 Å². The minimum absolute atomic E-state index is 0.0123. The number of aromatic nitrogens is 1. The van der Waals surface area contributed by atoms with Crippen molar-refractivity contribution in [2.45, 2.75) is 24.8 Å². The summed E-state index contributed by atoms with van der Waals surface area (Å²) in [7, 11) is -3.67. The molecule has 0 aliphatic rings. The maximum absolute atomic E-state index is 12.2. The number of anilines is 1. The molecule has 0 radical (unpaired) electrons. The number of aromatic amines is 1. The van der Waals surface area contributed by atoms with Crippen LogP contribution in [0.2, 0.25) is 0 Å². The zero-order chi connectivity index (χ0) is 14.9. The minimum atomic E-state index is -3.67. The van der Waals surface area contributed by atoms with Gasteiger partial charge < -0.3 is 15.8 Å². The standard InChI is InChI=1S/C13H19N3O3S/c1-8(2)12(17)6-16-20(18,19)13-7-15-11-5-9(14)3-4-10(11)13/h3-5,7-8,12,15-17H,6,14H2,1-2H3. The highest BCUT2D eigenvalue weighted by molar-refractivity contribution is 7.89. The third kappa shape index (κ3) is 2.95. The molecular weight excluding hydrogens is 278 g/mol. The number of aliphatic hydroxyl groups excluding tert-OH is 1. The van der Waals surface area contributed by atoms with Gasteiger partial charge in [-0.05, 0) is 24.1 Å². The van der Waals surface area contributed by atoms with Gasteiger partial charge in [-0.2, -0.15) is 0 Å². The van der Waals surface area contributed by atoms with Gasteiger partial charge >= 0.3 is 0 Å². The number of rotatable bonds is 5. The van der Waals surface area contributed by atoms with Crippen molar-refractivity contribution in [1.29, 1.82) is 0 Å². The van der Waals surface area contributed by atoms with Crippen LogP contribution >= 0.6 is 0 Å². The number of benzene rings is 1. The Morgan fingerprint density at radius 3 is 2.75 bits per heavy atom. The lowest BCUT2D eigenvalue weighted by atomic mass is 10.1. The lowest BCUT2D eigenvalue weighted by molar-refractivity contribution is 0.129. The SMILES string of the molecule is CC(C)C(O)CNS(=O)(=O)c1c[nH]c2cc(N)ccc12. The van der Waals surface area contributed by atoms with E-state index in [1.165, 1.54) is 6.20 Å². The third-order valence-corrected chi connectivity index (χ3v) is 4.67. The van der Waals surface area contributed by atoms with Crippen LogP contribution in [0.15, 0.2) is 29.3 Å². The predicted molar refractivity (Wildman–Crippen MR) is 78.7 cm³/mol. The smallest absolute Gasteiger partial charge is 0.242 e. The molecule has 0 saturated heterocycles. The first-order valence-electron chi connectivity index (χ1n) is 6.35. The second-order valence-corrected chi connectivity index (χ2v) is 6.86. The van der Waals surface area contributed by atoms with Gasteiger partial charge in [0.1, 0.15) is 4.90 Å².